The van der Waals surface area contributed by atoms with E-state index in [9.17, 15) is 8.42 Å². The van der Waals surface area contributed by atoms with Crippen molar-refractivity contribution in [1.29, 1.82) is 0 Å². The fourth-order valence-corrected chi connectivity index (χ4v) is 2.90. The number of nitrogens with one attached hydrogen (secondary N) is 1. The zero-order valence-electron chi connectivity index (χ0n) is 10.3. The van der Waals surface area contributed by atoms with Gasteiger partial charge in [0.2, 0.25) is 10.0 Å². The van der Waals surface area contributed by atoms with Gasteiger partial charge in [-0.3, -0.25) is 0 Å². The maximum Gasteiger partial charge on any atom is 0.214 e. The summed E-state index contributed by atoms with van der Waals surface area (Å²) >= 11 is 0. The third-order valence-electron chi connectivity index (χ3n) is 2.60. The maximum atomic E-state index is 11.8. The van der Waals surface area contributed by atoms with Crippen molar-refractivity contribution in [1.82, 2.24) is 9.62 Å². The first kappa shape index (κ1) is 14.9. The summed E-state index contributed by atoms with van der Waals surface area (Å²) in [6, 6.07) is 0.106. The first-order valence-corrected chi connectivity index (χ1v) is 7.17. The summed E-state index contributed by atoms with van der Waals surface area (Å²) in [4.78, 5) is 0. The van der Waals surface area contributed by atoms with Crippen LogP contribution in [0.2, 0.25) is 0 Å². The fourth-order valence-electron chi connectivity index (χ4n) is 1.45. The van der Waals surface area contributed by atoms with Gasteiger partial charge in [-0.25, -0.2) is 12.7 Å². The van der Waals surface area contributed by atoms with Gasteiger partial charge in [-0.05, 0) is 33.4 Å². The highest BCUT2D eigenvalue weighted by atomic mass is 32.2. The van der Waals surface area contributed by atoms with Crippen LogP contribution in [0.25, 0.3) is 0 Å². The molecule has 0 fully saturated rings. The largest absolute Gasteiger partial charge is 0.320 e. The van der Waals surface area contributed by atoms with Crippen LogP contribution in [0.1, 0.15) is 33.1 Å². The van der Waals surface area contributed by atoms with Crippen molar-refractivity contribution in [3.05, 3.63) is 0 Å². The molecule has 0 rings (SSSR count). The van der Waals surface area contributed by atoms with Gasteiger partial charge in [-0.2, -0.15) is 0 Å². The normalized spacial score (nSPS) is 14.5. The van der Waals surface area contributed by atoms with E-state index in [0.717, 1.165) is 19.4 Å². The molecule has 0 aliphatic carbocycles. The van der Waals surface area contributed by atoms with Gasteiger partial charge in [0.25, 0.3) is 0 Å². The fraction of sp³-hybridized carbons (Fsp3) is 1.00. The Labute approximate surface area is 94.1 Å². The Bertz CT molecular complexity index is 252. The van der Waals surface area contributed by atoms with Gasteiger partial charge in [0.1, 0.15) is 0 Å². The summed E-state index contributed by atoms with van der Waals surface area (Å²) in [5.41, 5.74) is 0. The molecule has 0 aromatic carbocycles. The van der Waals surface area contributed by atoms with Crippen molar-refractivity contribution in [2.45, 2.75) is 39.2 Å². The van der Waals surface area contributed by atoms with Gasteiger partial charge in [-0.15, -0.1) is 0 Å². The molecule has 0 radical (unpaired) electrons. The molecule has 0 heterocycles. The van der Waals surface area contributed by atoms with Gasteiger partial charge in [0, 0.05) is 13.1 Å². The van der Waals surface area contributed by atoms with Gasteiger partial charge < -0.3 is 5.32 Å². The smallest absolute Gasteiger partial charge is 0.214 e. The molecule has 0 saturated heterocycles. The van der Waals surface area contributed by atoms with Crippen LogP contribution in [-0.4, -0.2) is 45.2 Å². The van der Waals surface area contributed by atoms with E-state index in [4.69, 9.17) is 0 Å². The lowest BCUT2D eigenvalue weighted by Gasteiger charge is -2.23. The lowest BCUT2D eigenvalue weighted by atomic mass is 10.2. The van der Waals surface area contributed by atoms with Crippen LogP contribution in [0, 0.1) is 0 Å². The van der Waals surface area contributed by atoms with Crippen LogP contribution in [0.3, 0.4) is 0 Å². The molecular formula is C10H24N2O2S. The van der Waals surface area contributed by atoms with E-state index in [1.165, 1.54) is 4.31 Å². The first-order valence-electron chi connectivity index (χ1n) is 5.56. The zero-order chi connectivity index (χ0) is 11.9. The van der Waals surface area contributed by atoms with Crippen molar-refractivity contribution >= 4 is 10.0 Å². The van der Waals surface area contributed by atoms with Crippen LogP contribution in [0.4, 0.5) is 0 Å². The molecule has 0 spiro atoms. The summed E-state index contributed by atoms with van der Waals surface area (Å²) in [6.07, 6.45) is 2.60. The number of rotatable bonds is 8. The summed E-state index contributed by atoms with van der Waals surface area (Å²) in [6.45, 7) is 4.77. The van der Waals surface area contributed by atoms with Gasteiger partial charge in [0.05, 0.1) is 5.75 Å². The summed E-state index contributed by atoms with van der Waals surface area (Å²) < 4.78 is 25.1. The SMILES string of the molecule is CCCC(C)N(C)S(=O)(=O)CCCNC. The molecule has 0 bridgehead atoms. The number of nitrogens with zero attached hydrogens (tertiary/aromatic N) is 1. The average Bonchev–Trinajstić information content (AvgIpc) is 2.17. The monoisotopic (exact) mass is 236 g/mol. The predicted octanol–water partition coefficient (Wildman–Crippen LogP) is 1.05. The van der Waals surface area contributed by atoms with Gasteiger partial charge in [0.15, 0.2) is 0 Å². The first-order chi connectivity index (χ1) is 6.95. The Hall–Kier alpha value is -0.130. The quantitative estimate of drug-likeness (QED) is 0.641. The highest BCUT2D eigenvalue weighted by Crippen LogP contribution is 2.10. The second-order valence-electron chi connectivity index (χ2n) is 3.93. The molecular weight excluding hydrogens is 212 g/mol. The van der Waals surface area contributed by atoms with E-state index in [-0.39, 0.29) is 11.8 Å². The Balaban J connectivity index is 4.19. The van der Waals surface area contributed by atoms with E-state index < -0.39 is 10.0 Å². The highest BCUT2D eigenvalue weighted by Gasteiger charge is 2.21. The van der Waals surface area contributed by atoms with E-state index in [1.54, 1.807) is 7.05 Å². The molecule has 0 aromatic rings. The minimum Gasteiger partial charge on any atom is -0.320 e. The Morgan fingerprint density at radius 2 is 2.00 bits per heavy atom. The molecule has 15 heavy (non-hydrogen) atoms. The maximum absolute atomic E-state index is 11.8. The standard InChI is InChI=1S/C10H24N2O2S/c1-5-7-10(2)12(4)15(13,14)9-6-8-11-3/h10-11H,5-9H2,1-4H3. The second kappa shape index (κ2) is 7.19. The average molecular weight is 236 g/mol. The van der Waals surface area contributed by atoms with Crippen LogP contribution in [-0.2, 0) is 10.0 Å². The van der Waals surface area contributed by atoms with E-state index >= 15 is 0 Å². The van der Waals surface area contributed by atoms with Crippen LogP contribution in [0.5, 0.6) is 0 Å². The van der Waals surface area contributed by atoms with Gasteiger partial charge in [-0.1, -0.05) is 13.3 Å². The third kappa shape index (κ3) is 5.49. The molecule has 4 nitrogen and oxygen atoms in total. The third-order valence-corrected chi connectivity index (χ3v) is 4.64. The molecule has 0 aliphatic rings. The second-order valence-corrected chi connectivity index (χ2v) is 6.08. The number of hydrogen-bond acceptors (Lipinski definition) is 3. The molecule has 5 heteroatoms. The van der Waals surface area contributed by atoms with Crippen molar-refractivity contribution in [3.63, 3.8) is 0 Å². The minimum absolute atomic E-state index is 0.106. The van der Waals surface area contributed by atoms with E-state index in [1.807, 2.05) is 14.0 Å². The predicted molar refractivity (Wildman–Crippen MR) is 64.5 cm³/mol. The van der Waals surface area contributed by atoms with Crippen LogP contribution < -0.4 is 5.32 Å². The van der Waals surface area contributed by atoms with E-state index in [2.05, 4.69) is 12.2 Å². The van der Waals surface area contributed by atoms with Crippen molar-refractivity contribution in [3.8, 4) is 0 Å². The van der Waals surface area contributed by atoms with Crippen LogP contribution >= 0.6 is 0 Å². The molecule has 1 N–H and O–H groups in total. The van der Waals surface area contributed by atoms with Gasteiger partial charge >= 0.3 is 0 Å². The lowest BCUT2D eigenvalue weighted by molar-refractivity contribution is 0.368. The Morgan fingerprint density at radius 1 is 1.40 bits per heavy atom. The molecule has 0 saturated carbocycles. The Kier molecular flexibility index (Phi) is 7.13. The number of hydrogen-bond donors (Lipinski definition) is 1. The lowest BCUT2D eigenvalue weighted by Crippen LogP contribution is -2.37. The Morgan fingerprint density at radius 3 is 2.47 bits per heavy atom. The van der Waals surface area contributed by atoms with Crippen LogP contribution in [0.15, 0.2) is 0 Å². The topological polar surface area (TPSA) is 49.4 Å². The summed E-state index contributed by atoms with van der Waals surface area (Å²) in [7, 11) is 0.444. The molecule has 0 aliphatic heterocycles. The van der Waals surface area contributed by atoms with Crippen molar-refractivity contribution in [2.24, 2.45) is 0 Å². The van der Waals surface area contributed by atoms with E-state index in [0.29, 0.717) is 6.42 Å². The molecule has 1 unspecified atom stereocenters. The summed E-state index contributed by atoms with van der Waals surface area (Å²) in [5, 5.41) is 2.95. The van der Waals surface area contributed by atoms with Crippen molar-refractivity contribution in [2.75, 3.05) is 26.4 Å². The highest BCUT2D eigenvalue weighted by molar-refractivity contribution is 7.89. The molecule has 1 atom stereocenters. The molecule has 0 aromatic heterocycles. The number of sulfonamides is 1. The minimum atomic E-state index is -3.06. The molecule has 0 amide bonds. The zero-order valence-corrected chi connectivity index (χ0v) is 11.1. The molecule has 92 valence electrons. The van der Waals surface area contributed by atoms with Crippen molar-refractivity contribution < 1.29 is 8.42 Å². The summed E-state index contributed by atoms with van der Waals surface area (Å²) in [5.74, 6) is 0.235.